The molecule has 0 fully saturated rings. The normalized spacial score (nSPS) is 10.3. The van der Waals surface area contributed by atoms with E-state index < -0.39 is 5.97 Å². The molecule has 0 spiro atoms. The van der Waals surface area contributed by atoms with Gasteiger partial charge in [0.1, 0.15) is 0 Å². The van der Waals surface area contributed by atoms with E-state index >= 15 is 0 Å². The predicted molar refractivity (Wildman–Crippen MR) is 98.2 cm³/mol. The molecule has 0 aliphatic rings. The van der Waals surface area contributed by atoms with Gasteiger partial charge in [0.15, 0.2) is 0 Å². The number of carbonyl (C=O) groups is 2. The fourth-order valence-corrected chi connectivity index (χ4v) is 3.16. The second-order valence-corrected chi connectivity index (χ2v) is 6.51. The van der Waals surface area contributed by atoms with E-state index in [2.05, 4.69) is 5.32 Å². The predicted octanol–water partition coefficient (Wildman–Crippen LogP) is 4.88. The Kier molecular flexibility index (Phi) is 6.70. The Bertz CT molecular complexity index is 749. The molecule has 0 radical (unpaired) electrons. The number of thioether (sulfide) groups is 1. The number of carbonyl (C=O) groups excluding carboxylic acids is 2. The monoisotopic (exact) mass is 363 g/mol. The Morgan fingerprint density at radius 3 is 2.54 bits per heavy atom. The molecule has 1 amide bonds. The van der Waals surface area contributed by atoms with Crippen LogP contribution in [0.25, 0.3) is 0 Å². The fraction of sp³-hybridized carbons (Fsp3) is 0.222. The molecule has 0 atom stereocenters. The standard InChI is InChI=1S/C18H18ClNO3S/c1-3-23-18(22)13-10-9-12(11-15(13)19)20-17(21)14-7-5-6-8-16(14)24-4-2/h5-11H,3-4H2,1-2H3,(H,20,21). The van der Waals surface area contributed by atoms with Crippen molar-refractivity contribution < 1.29 is 14.3 Å². The zero-order chi connectivity index (χ0) is 17.5. The molecule has 0 saturated heterocycles. The van der Waals surface area contributed by atoms with Crippen molar-refractivity contribution in [3.05, 3.63) is 58.6 Å². The molecule has 0 saturated carbocycles. The van der Waals surface area contributed by atoms with Gasteiger partial charge >= 0.3 is 5.97 Å². The van der Waals surface area contributed by atoms with Crippen LogP contribution >= 0.6 is 23.4 Å². The zero-order valence-corrected chi connectivity index (χ0v) is 15.0. The van der Waals surface area contributed by atoms with Crippen LogP contribution in [0.5, 0.6) is 0 Å². The quantitative estimate of drug-likeness (QED) is 0.587. The molecule has 0 heterocycles. The van der Waals surface area contributed by atoms with Gasteiger partial charge < -0.3 is 10.1 Å². The van der Waals surface area contributed by atoms with Gasteiger partial charge in [-0.1, -0.05) is 30.7 Å². The lowest BCUT2D eigenvalue weighted by atomic mass is 10.1. The zero-order valence-electron chi connectivity index (χ0n) is 13.5. The highest BCUT2D eigenvalue weighted by Crippen LogP contribution is 2.25. The molecule has 0 aliphatic heterocycles. The molecule has 0 bridgehead atoms. The number of hydrogen-bond donors (Lipinski definition) is 1. The maximum absolute atomic E-state index is 12.5. The van der Waals surface area contributed by atoms with E-state index in [0.717, 1.165) is 10.6 Å². The highest BCUT2D eigenvalue weighted by molar-refractivity contribution is 7.99. The Morgan fingerprint density at radius 1 is 1.12 bits per heavy atom. The van der Waals surface area contributed by atoms with Gasteiger partial charge in [-0.05, 0) is 43.0 Å². The van der Waals surface area contributed by atoms with E-state index in [1.807, 2.05) is 25.1 Å². The number of rotatable bonds is 6. The lowest BCUT2D eigenvalue weighted by Crippen LogP contribution is -2.13. The average Bonchev–Trinajstić information content (AvgIpc) is 2.56. The maximum atomic E-state index is 12.5. The number of hydrogen-bond acceptors (Lipinski definition) is 4. The minimum atomic E-state index is -0.481. The molecule has 126 valence electrons. The topological polar surface area (TPSA) is 55.4 Å². The molecule has 0 aliphatic carbocycles. The van der Waals surface area contributed by atoms with Crippen LogP contribution in [0.3, 0.4) is 0 Å². The number of anilines is 1. The fourth-order valence-electron chi connectivity index (χ4n) is 2.10. The summed E-state index contributed by atoms with van der Waals surface area (Å²) in [6.45, 7) is 4.04. The summed E-state index contributed by atoms with van der Waals surface area (Å²) in [5.74, 6) is 0.182. The van der Waals surface area contributed by atoms with E-state index in [-0.39, 0.29) is 23.1 Å². The molecule has 1 N–H and O–H groups in total. The van der Waals surface area contributed by atoms with Gasteiger partial charge in [0.25, 0.3) is 5.91 Å². The smallest absolute Gasteiger partial charge is 0.339 e. The molecule has 24 heavy (non-hydrogen) atoms. The van der Waals surface area contributed by atoms with Gasteiger partial charge in [0.05, 0.1) is 22.8 Å². The minimum Gasteiger partial charge on any atom is -0.462 e. The van der Waals surface area contributed by atoms with E-state index in [1.165, 1.54) is 0 Å². The van der Waals surface area contributed by atoms with Crippen molar-refractivity contribution in [2.45, 2.75) is 18.7 Å². The van der Waals surface area contributed by atoms with Crippen LogP contribution < -0.4 is 5.32 Å². The Balaban J connectivity index is 2.18. The van der Waals surface area contributed by atoms with Crippen LogP contribution in [0.15, 0.2) is 47.4 Å². The van der Waals surface area contributed by atoms with Gasteiger partial charge in [0, 0.05) is 10.6 Å². The molecule has 2 aromatic rings. The first-order valence-corrected chi connectivity index (χ1v) is 8.93. The SMILES string of the molecule is CCOC(=O)c1ccc(NC(=O)c2ccccc2SCC)cc1Cl. The summed E-state index contributed by atoms with van der Waals surface area (Å²) in [4.78, 5) is 25.1. The lowest BCUT2D eigenvalue weighted by Gasteiger charge is -2.10. The van der Waals surface area contributed by atoms with E-state index in [0.29, 0.717) is 11.3 Å². The molecule has 6 heteroatoms. The van der Waals surface area contributed by atoms with Crippen molar-refractivity contribution in [3.63, 3.8) is 0 Å². The van der Waals surface area contributed by atoms with E-state index in [4.69, 9.17) is 16.3 Å². The summed E-state index contributed by atoms with van der Waals surface area (Å²) in [5.41, 5.74) is 1.41. The first kappa shape index (κ1) is 18.4. The summed E-state index contributed by atoms with van der Waals surface area (Å²) in [6.07, 6.45) is 0. The largest absolute Gasteiger partial charge is 0.462 e. The van der Waals surface area contributed by atoms with Crippen LogP contribution in [-0.2, 0) is 4.74 Å². The van der Waals surface area contributed by atoms with Gasteiger partial charge in [0.2, 0.25) is 0 Å². The molecular formula is C18H18ClNO3S. The average molecular weight is 364 g/mol. The molecule has 0 aromatic heterocycles. The first-order valence-electron chi connectivity index (χ1n) is 7.56. The molecule has 2 aromatic carbocycles. The number of amides is 1. The number of nitrogens with one attached hydrogen (secondary N) is 1. The number of halogens is 1. The van der Waals surface area contributed by atoms with E-state index in [9.17, 15) is 9.59 Å². The Labute approximate surface area is 150 Å². The van der Waals surface area contributed by atoms with Gasteiger partial charge in [-0.2, -0.15) is 0 Å². The second-order valence-electron chi connectivity index (χ2n) is 4.80. The minimum absolute atomic E-state index is 0.216. The van der Waals surface area contributed by atoms with Crippen molar-refractivity contribution in [2.24, 2.45) is 0 Å². The maximum Gasteiger partial charge on any atom is 0.339 e. The molecule has 2 rings (SSSR count). The summed E-state index contributed by atoms with van der Waals surface area (Å²) in [5, 5.41) is 3.05. The lowest BCUT2D eigenvalue weighted by molar-refractivity contribution is 0.0526. The van der Waals surface area contributed by atoms with Crippen molar-refractivity contribution in [1.82, 2.24) is 0 Å². The second kappa shape index (κ2) is 8.76. The number of benzene rings is 2. The van der Waals surface area contributed by atoms with Gasteiger partial charge in [-0.25, -0.2) is 4.79 Å². The third-order valence-electron chi connectivity index (χ3n) is 3.15. The molecule has 0 unspecified atom stereocenters. The van der Waals surface area contributed by atoms with Crippen molar-refractivity contribution in [3.8, 4) is 0 Å². The van der Waals surface area contributed by atoms with Crippen LogP contribution in [0.2, 0.25) is 5.02 Å². The summed E-state index contributed by atoms with van der Waals surface area (Å²) >= 11 is 7.72. The summed E-state index contributed by atoms with van der Waals surface area (Å²) < 4.78 is 4.93. The first-order chi connectivity index (χ1) is 11.6. The van der Waals surface area contributed by atoms with Crippen LogP contribution in [-0.4, -0.2) is 24.2 Å². The Morgan fingerprint density at radius 2 is 1.88 bits per heavy atom. The number of esters is 1. The number of ether oxygens (including phenoxy) is 1. The van der Waals surface area contributed by atoms with Crippen molar-refractivity contribution in [2.75, 3.05) is 17.7 Å². The summed E-state index contributed by atoms with van der Waals surface area (Å²) in [6, 6.07) is 12.1. The summed E-state index contributed by atoms with van der Waals surface area (Å²) in [7, 11) is 0. The van der Waals surface area contributed by atoms with Gasteiger partial charge in [-0.3, -0.25) is 4.79 Å². The third kappa shape index (κ3) is 4.52. The molecular weight excluding hydrogens is 346 g/mol. The van der Waals surface area contributed by atoms with Crippen molar-refractivity contribution in [1.29, 1.82) is 0 Å². The van der Waals surface area contributed by atoms with E-state index in [1.54, 1.807) is 43.0 Å². The van der Waals surface area contributed by atoms with Crippen molar-refractivity contribution >= 4 is 40.9 Å². The van der Waals surface area contributed by atoms with Crippen LogP contribution in [0.1, 0.15) is 34.6 Å². The third-order valence-corrected chi connectivity index (χ3v) is 4.42. The van der Waals surface area contributed by atoms with Gasteiger partial charge in [-0.15, -0.1) is 11.8 Å². The highest BCUT2D eigenvalue weighted by Gasteiger charge is 2.14. The Hall–Kier alpha value is -1.98. The highest BCUT2D eigenvalue weighted by atomic mass is 35.5. The molecule has 4 nitrogen and oxygen atoms in total. The van der Waals surface area contributed by atoms with Crippen LogP contribution in [0.4, 0.5) is 5.69 Å². The van der Waals surface area contributed by atoms with Crippen LogP contribution in [0, 0.1) is 0 Å².